The first-order valence-corrected chi connectivity index (χ1v) is 9.38. The Bertz CT molecular complexity index is 271. The van der Waals surface area contributed by atoms with Gasteiger partial charge < -0.3 is 0 Å². The molecule has 0 fully saturated rings. The van der Waals surface area contributed by atoms with Crippen LogP contribution in [0.5, 0.6) is 0 Å². The van der Waals surface area contributed by atoms with Crippen molar-refractivity contribution in [2.24, 2.45) is 17.3 Å². The van der Waals surface area contributed by atoms with Gasteiger partial charge in [0.2, 0.25) is 0 Å². The van der Waals surface area contributed by atoms with Crippen molar-refractivity contribution in [2.75, 3.05) is 0 Å². The fourth-order valence-corrected chi connectivity index (χ4v) is 6.43. The van der Waals surface area contributed by atoms with Gasteiger partial charge in [-0.05, 0) is 11.8 Å². The molecule has 1 aliphatic rings. The summed E-state index contributed by atoms with van der Waals surface area (Å²) >= 11 is 6.56. The summed E-state index contributed by atoms with van der Waals surface area (Å²) in [6, 6.07) is 0. The average Bonchev–Trinajstić information content (AvgIpc) is 2.12. The van der Waals surface area contributed by atoms with Crippen LogP contribution in [-0.2, 0) is 0 Å². The largest absolute Gasteiger partial charge is 0.0890 e. The van der Waals surface area contributed by atoms with Crippen LogP contribution in [0.2, 0.25) is 19.6 Å². The van der Waals surface area contributed by atoms with Gasteiger partial charge in [0, 0.05) is 10.4 Å². The summed E-state index contributed by atoms with van der Waals surface area (Å²) in [6.07, 6.45) is 0. The van der Waals surface area contributed by atoms with E-state index in [0.29, 0.717) is 11.8 Å². The Balaban J connectivity index is 3.24. The van der Waals surface area contributed by atoms with Crippen LogP contribution in [0.3, 0.4) is 0 Å². The Labute approximate surface area is 94.7 Å². The molecule has 82 valence electrons. The first kappa shape index (κ1) is 12.3. The number of halogens is 1. The summed E-state index contributed by atoms with van der Waals surface area (Å²) < 4.78 is 0. The molecule has 0 bridgehead atoms. The van der Waals surface area contributed by atoms with E-state index in [1.165, 1.54) is 0 Å². The lowest BCUT2D eigenvalue weighted by Gasteiger charge is -2.27. The molecule has 0 saturated heterocycles. The van der Waals surface area contributed by atoms with E-state index in [-0.39, 0.29) is 5.41 Å². The van der Waals surface area contributed by atoms with Gasteiger partial charge in [-0.15, -0.1) is 0 Å². The highest BCUT2D eigenvalue weighted by Gasteiger charge is 2.46. The van der Waals surface area contributed by atoms with E-state index in [1.54, 1.807) is 5.20 Å². The first-order chi connectivity index (χ1) is 6.10. The summed E-state index contributed by atoms with van der Waals surface area (Å²) in [4.78, 5) is 0. The second-order valence-electron chi connectivity index (χ2n) is 6.28. The van der Waals surface area contributed by atoms with Gasteiger partial charge in [0.15, 0.2) is 0 Å². The number of hydrogen-bond donors (Lipinski definition) is 0. The molecule has 2 heteroatoms. The summed E-state index contributed by atoms with van der Waals surface area (Å²) in [7, 11) is -1.23. The normalized spacial score (nSPS) is 32.6. The van der Waals surface area contributed by atoms with Gasteiger partial charge in [-0.25, -0.2) is 0 Å². The minimum absolute atomic E-state index is 0.191. The van der Waals surface area contributed by atoms with Crippen LogP contribution in [0.4, 0.5) is 0 Å². The Morgan fingerprint density at radius 1 is 1.14 bits per heavy atom. The highest BCUT2D eigenvalue weighted by molar-refractivity contribution is 6.84. The van der Waals surface area contributed by atoms with E-state index in [4.69, 9.17) is 11.6 Å². The average molecular weight is 231 g/mol. The molecular weight excluding hydrogens is 208 g/mol. The third kappa shape index (κ3) is 1.69. The molecule has 0 nitrogen and oxygen atoms in total. The monoisotopic (exact) mass is 230 g/mol. The molecule has 0 aromatic heterocycles. The van der Waals surface area contributed by atoms with Crippen LogP contribution < -0.4 is 0 Å². The summed E-state index contributed by atoms with van der Waals surface area (Å²) in [5, 5.41) is 2.76. The van der Waals surface area contributed by atoms with E-state index in [0.717, 1.165) is 5.03 Å². The third-order valence-electron chi connectivity index (χ3n) is 3.95. The van der Waals surface area contributed by atoms with Crippen LogP contribution in [0.25, 0.3) is 0 Å². The van der Waals surface area contributed by atoms with Crippen molar-refractivity contribution >= 4 is 19.7 Å². The molecule has 0 radical (unpaired) electrons. The second kappa shape index (κ2) is 3.38. The Kier molecular flexibility index (Phi) is 2.97. The fourth-order valence-electron chi connectivity index (χ4n) is 2.63. The molecule has 0 unspecified atom stereocenters. The van der Waals surface area contributed by atoms with Crippen molar-refractivity contribution in [1.29, 1.82) is 0 Å². The maximum atomic E-state index is 6.56. The van der Waals surface area contributed by atoms with Gasteiger partial charge in [-0.2, -0.15) is 0 Å². The lowest BCUT2D eigenvalue weighted by atomic mass is 9.80. The van der Waals surface area contributed by atoms with E-state index in [9.17, 15) is 0 Å². The molecule has 0 saturated carbocycles. The molecule has 2 atom stereocenters. The predicted molar refractivity (Wildman–Crippen MR) is 68.3 cm³/mol. The van der Waals surface area contributed by atoms with Crippen molar-refractivity contribution in [3.8, 4) is 0 Å². The molecular formula is C12H23ClSi. The van der Waals surface area contributed by atoms with E-state index >= 15 is 0 Å². The van der Waals surface area contributed by atoms with E-state index in [1.807, 2.05) is 0 Å². The predicted octanol–water partition coefficient (Wildman–Crippen LogP) is 4.67. The zero-order chi connectivity index (χ0) is 11.3. The summed E-state index contributed by atoms with van der Waals surface area (Å²) in [5.74, 6) is 1.35. The molecule has 0 aromatic carbocycles. The van der Waals surface area contributed by atoms with Crippen molar-refractivity contribution in [3.63, 3.8) is 0 Å². The van der Waals surface area contributed by atoms with Crippen LogP contribution in [0, 0.1) is 17.3 Å². The Morgan fingerprint density at radius 2 is 1.57 bits per heavy atom. The molecule has 0 aromatic rings. The van der Waals surface area contributed by atoms with Crippen LogP contribution in [-0.4, -0.2) is 8.07 Å². The standard InChI is InChI=1S/C12H23ClSi/c1-8-9(2)12(3,4)11(13)10(8)14(5,6)7/h8-9H,1-7H3/t8-,9-/m0/s1. The van der Waals surface area contributed by atoms with Crippen molar-refractivity contribution < 1.29 is 0 Å². The highest BCUT2D eigenvalue weighted by Crippen LogP contribution is 2.54. The molecule has 0 heterocycles. The molecule has 0 aliphatic heterocycles. The summed E-state index contributed by atoms with van der Waals surface area (Å²) in [5.41, 5.74) is 0.191. The minimum atomic E-state index is -1.23. The molecule has 14 heavy (non-hydrogen) atoms. The molecule has 0 amide bonds. The zero-order valence-electron chi connectivity index (χ0n) is 10.5. The van der Waals surface area contributed by atoms with Gasteiger partial charge in [-0.1, -0.05) is 64.1 Å². The van der Waals surface area contributed by atoms with Crippen LogP contribution in [0.15, 0.2) is 10.2 Å². The lowest BCUT2D eigenvalue weighted by molar-refractivity contribution is 0.277. The molecule has 0 spiro atoms. The minimum Gasteiger partial charge on any atom is -0.0890 e. The molecule has 1 rings (SSSR count). The third-order valence-corrected chi connectivity index (χ3v) is 7.12. The molecule has 0 N–H and O–H groups in total. The topological polar surface area (TPSA) is 0 Å². The zero-order valence-corrected chi connectivity index (χ0v) is 12.3. The van der Waals surface area contributed by atoms with Gasteiger partial charge in [-0.3, -0.25) is 0 Å². The second-order valence-corrected chi connectivity index (χ2v) is 11.7. The first-order valence-electron chi connectivity index (χ1n) is 5.50. The Morgan fingerprint density at radius 3 is 1.71 bits per heavy atom. The maximum Gasteiger partial charge on any atom is 0.0743 e. The maximum absolute atomic E-state index is 6.56. The number of allylic oxidation sites excluding steroid dienone is 2. The van der Waals surface area contributed by atoms with Crippen molar-refractivity contribution in [3.05, 3.63) is 10.2 Å². The number of hydrogen-bond acceptors (Lipinski definition) is 0. The van der Waals surface area contributed by atoms with Crippen molar-refractivity contribution in [1.82, 2.24) is 0 Å². The Hall–Kier alpha value is 0.247. The fraction of sp³-hybridized carbons (Fsp3) is 0.833. The van der Waals surface area contributed by atoms with Gasteiger partial charge in [0.25, 0.3) is 0 Å². The van der Waals surface area contributed by atoms with Crippen LogP contribution in [0.1, 0.15) is 27.7 Å². The quantitative estimate of drug-likeness (QED) is 0.575. The van der Waals surface area contributed by atoms with Crippen molar-refractivity contribution in [2.45, 2.75) is 47.3 Å². The van der Waals surface area contributed by atoms with Gasteiger partial charge >= 0.3 is 0 Å². The van der Waals surface area contributed by atoms with Crippen LogP contribution >= 0.6 is 11.6 Å². The smallest absolute Gasteiger partial charge is 0.0743 e. The SMILES string of the molecule is C[C@@H]1C([Si](C)(C)C)=C(Cl)C(C)(C)[C@H]1C. The number of rotatable bonds is 1. The van der Waals surface area contributed by atoms with E-state index < -0.39 is 8.07 Å². The van der Waals surface area contributed by atoms with Gasteiger partial charge in [0.1, 0.15) is 0 Å². The van der Waals surface area contributed by atoms with E-state index in [2.05, 4.69) is 47.3 Å². The lowest BCUT2D eigenvalue weighted by Crippen LogP contribution is -2.28. The highest BCUT2D eigenvalue weighted by atomic mass is 35.5. The summed E-state index contributed by atoms with van der Waals surface area (Å²) in [6.45, 7) is 16.4. The van der Waals surface area contributed by atoms with Gasteiger partial charge in [0.05, 0.1) is 8.07 Å². The molecule has 1 aliphatic carbocycles.